The zero-order chi connectivity index (χ0) is 14.0. The molecule has 0 saturated heterocycles. The number of rotatable bonds is 3. The monoisotopic (exact) mass is 299 g/mol. The van der Waals surface area contributed by atoms with Crippen LogP contribution in [0.4, 0.5) is 4.39 Å². The van der Waals surface area contributed by atoms with E-state index in [4.69, 9.17) is 11.6 Å². The molecule has 1 heterocycles. The summed E-state index contributed by atoms with van der Waals surface area (Å²) in [6.45, 7) is 1.72. The maximum absolute atomic E-state index is 13.8. The lowest BCUT2D eigenvalue weighted by molar-refractivity contribution is 0.0605. The zero-order valence-electron chi connectivity index (χ0n) is 10.4. The van der Waals surface area contributed by atoms with Crippen molar-refractivity contribution >= 4 is 28.9 Å². The van der Waals surface area contributed by atoms with E-state index in [1.165, 1.54) is 24.5 Å². The predicted molar refractivity (Wildman–Crippen MR) is 72.4 cm³/mol. The van der Waals surface area contributed by atoms with Gasteiger partial charge in [0, 0.05) is 6.42 Å². The fraction of sp³-hybridized carbons (Fsp3) is 0.231. The van der Waals surface area contributed by atoms with Crippen LogP contribution in [0.2, 0.25) is 5.02 Å². The fourth-order valence-corrected chi connectivity index (χ4v) is 2.86. The number of carbonyl (C=O) groups is 1. The van der Waals surface area contributed by atoms with Crippen molar-refractivity contribution in [1.29, 1.82) is 0 Å². The molecule has 0 radical (unpaired) electrons. The molecule has 0 bridgehead atoms. The van der Waals surface area contributed by atoms with Crippen molar-refractivity contribution in [2.45, 2.75) is 13.3 Å². The number of hydrogen-bond donors (Lipinski definition) is 0. The number of aromatic nitrogens is 1. The number of aryl methyl sites for hydroxylation is 1. The van der Waals surface area contributed by atoms with E-state index in [2.05, 4.69) is 9.72 Å². The van der Waals surface area contributed by atoms with Gasteiger partial charge in [-0.1, -0.05) is 23.7 Å². The van der Waals surface area contributed by atoms with Crippen LogP contribution in [0.3, 0.4) is 0 Å². The van der Waals surface area contributed by atoms with Crippen molar-refractivity contribution < 1.29 is 13.9 Å². The van der Waals surface area contributed by atoms with E-state index in [0.717, 1.165) is 0 Å². The molecule has 100 valence electrons. The minimum atomic E-state index is -0.448. The van der Waals surface area contributed by atoms with Gasteiger partial charge >= 0.3 is 5.97 Å². The second kappa shape index (κ2) is 5.67. The SMILES string of the molecule is COC(=O)c1sc(Cc2cccc(Cl)c2F)nc1C. The molecular weight excluding hydrogens is 289 g/mol. The molecule has 0 spiro atoms. The number of nitrogens with zero attached hydrogens (tertiary/aromatic N) is 1. The first kappa shape index (κ1) is 14.0. The third-order valence-electron chi connectivity index (χ3n) is 2.58. The van der Waals surface area contributed by atoms with E-state index in [9.17, 15) is 9.18 Å². The molecule has 0 amide bonds. The van der Waals surface area contributed by atoms with E-state index in [-0.39, 0.29) is 5.02 Å². The molecule has 0 fully saturated rings. The summed E-state index contributed by atoms with van der Waals surface area (Å²) in [7, 11) is 1.32. The smallest absolute Gasteiger partial charge is 0.349 e. The van der Waals surface area contributed by atoms with Gasteiger partial charge in [0.25, 0.3) is 0 Å². The average molecular weight is 300 g/mol. The van der Waals surface area contributed by atoms with Crippen LogP contribution in [0.15, 0.2) is 18.2 Å². The van der Waals surface area contributed by atoms with E-state index < -0.39 is 11.8 Å². The van der Waals surface area contributed by atoms with Gasteiger partial charge in [-0.2, -0.15) is 0 Å². The zero-order valence-corrected chi connectivity index (χ0v) is 11.9. The topological polar surface area (TPSA) is 39.2 Å². The molecule has 2 rings (SSSR count). The average Bonchev–Trinajstić information content (AvgIpc) is 2.75. The van der Waals surface area contributed by atoms with Gasteiger partial charge < -0.3 is 4.74 Å². The van der Waals surface area contributed by atoms with E-state index in [1.807, 2.05) is 0 Å². The van der Waals surface area contributed by atoms with Crippen LogP contribution < -0.4 is 0 Å². The molecule has 2 aromatic rings. The first-order valence-electron chi connectivity index (χ1n) is 5.50. The summed E-state index contributed by atoms with van der Waals surface area (Å²) < 4.78 is 18.4. The van der Waals surface area contributed by atoms with Crippen LogP contribution in [0, 0.1) is 12.7 Å². The highest BCUT2D eigenvalue weighted by Crippen LogP contribution is 2.24. The van der Waals surface area contributed by atoms with Crippen molar-refractivity contribution in [2.24, 2.45) is 0 Å². The van der Waals surface area contributed by atoms with Crippen LogP contribution in [0.5, 0.6) is 0 Å². The Morgan fingerprint density at radius 3 is 2.95 bits per heavy atom. The standard InChI is InChI=1S/C13H11ClFNO2S/c1-7-12(13(17)18-2)19-10(16-7)6-8-4-3-5-9(14)11(8)15/h3-5H,6H2,1-2H3. The molecule has 1 aromatic heterocycles. The van der Waals surface area contributed by atoms with E-state index in [0.29, 0.717) is 27.6 Å². The van der Waals surface area contributed by atoms with Gasteiger partial charge in [0.15, 0.2) is 0 Å². The highest BCUT2D eigenvalue weighted by Gasteiger charge is 2.17. The highest BCUT2D eigenvalue weighted by atomic mass is 35.5. The van der Waals surface area contributed by atoms with Crippen LogP contribution in [-0.4, -0.2) is 18.1 Å². The number of halogens is 2. The van der Waals surface area contributed by atoms with Crippen LogP contribution in [0.25, 0.3) is 0 Å². The third kappa shape index (κ3) is 2.93. The minimum absolute atomic E-state index is 0.0824. The fourth-order valence-electron chi connectivity index (χ4n) is 1.66. The molecule has 6 heteroatoms. The summed E-state index contributed by atoms with van der Waals surface area (Å²) in [6, 6.07) is 4.82. The number of methoxy groups -OCH3 is 1. The summed E-state index contributed by atoms with van der Waals surface area (Å²) >= 11 is 6.93. The third-order valence-corrected chi connectivity index (χ3v) is 4.01. The van der Waals surface area contributed by atoms with Crippen molar-refractivity contribution in [3.63, 3.8) is 0 Å². The molecule has 0 atom stereocenters. The number of ether oxygens (including phenoxy) is 1. The molecule has 0 aliphatic rings. The molecule has 0 unspecified atom stereocenters. The van der Waals surface area contributed by atoms with Crippen molar-refractivity contribution in [1.82, 2.24) is 4.98 Å². The van der Waals surface area contributed by atoms with Crippen LogP contribution in [0.1, 0.15) is 25.9 Å². The lowest BCUT2D eigenvalue weighted by Gasteiger charge is -2.01. The first-order chi connectivity index (χ1) is 9.02. The number of benzene rings is 1. The van der Waals surface area contributed by atoms with E-state index >= 15 is 0 Å². The largest absolute Gasteiger partial charge is 0.465 e. The van der Waals surface area contributed by atoms with E-state index in [1.54, 1.807) is 19.1 Å². The molecular formula is C13H11ClFNO2S. The van der Waals surface area contributed by atoms with Crippen LogP contribution in [-0.2, 0) is 11.2 Å². The molecule has 19 heavy (non-hydrogen) atoms. The van der Waals surface area contributed by atoms with Gasteiger partial charge in [0.1, 0.15) is 10.7 Å². The van der Waals surface area contributed by atoms with Gasteiger partial charge in [-0.25, -0.2) is 14.2 Å². The van der Waals surface area contributed by atoms with Gasteiger partial charge in [-0.15, -0.1) is 11.3 Å². The van der Waals surface area contributed by atoms with Crippen LogP contribution >= 0.6 is 22.9 Å². The lowest BCUT2D eigenvalue weighted by atomic mass is 10.1. The molecule has 0 saturated carbocycles. The number of carbonyl (C=O) groups excluding carboxylic acids is 1. The minimum Gasteiger partial charge on any atom is -0.465 e. The molecule has 0 aliphatic carbocycles. The summed E-state index contributed by atoms with van der Waals surface area (Å²) in [6.07, 6.45) is 0.300. The number of thiazole rings is 1. The Labute approximate surface area is 119 Å². The Bertz CT molecular complexity index is 627. The maximum atomic E-state index is 13.8. The lowest BCUT2D eigenvalue weighted by Crippen LogP contribution is -1.99. The number of esters is 1. The second-order valence-electron chi connectivity index (χ2n) is 3.90. The predicted octanol–water partition coefficient (Wildman–Crippen LogP) is 3.62. The van der Waals surface area contributed by atoms with Crippen molar-refractivity contribution in [3.05, 3.63) is 50.2 Å². The Kier molecular flexibility index (Phi) is 4.17. The summed E-state index contributed by atoms with van der Waals surface area (Å²) in [5, 5.41) is 0.734. The van der Waals surface area contributed by atoms with Crippen molar-refractivity contribution in [3.8, 4) is 0 Å². The van der Waals surface area contributed by atoms with Gasteiger partial charge in [-0.05, 0) is 18.6 Å². The van der Waals surface area contributed by atoms with Crippen molar-refractivity contribution in [2.75, 3.05) is 7.11 Å². The highest BCUT2D eigenvalue weighted by molar-refractivity contribution is 7.13. The second-order valence-corrected chi connectivity index (χ2v) is 5.39. The Balaban J connectivity index is 2.29. The first-order valence-corrected chi connectivity index (χ1v) is 6.70. The number of hydrogen-bond acceptors (Lipinski definition) is 4. The Hall–Kier alpha value is -1.46. The molecule has 1 aromatic carbocycles. The Morgan fingerprint density at radius 1 is 1.53 bits per heavy atom. The van der Waals surface area contributed by atoms with Gasteiger partial charge in [0.2, 0.25) is 0 Å². The summed E-state index contributed by atoms with van der Waals surface area (Å²) in [4.78, 5) is 16.2. The van der Waals surface area contributed by atoms with Gasteiger partial charge in [0.05, 0.1) is 22.8 Å². The Morgan fingerprint density at radius 2 is 2.26 bits per heavy atom. The molecule has 3 nitrogen and oxygen atoms in total. The normalized spacial score (nSPS) is 10.5. The molecule has 0 aliphatic heterocycles. The van der Waals surface area contributed by atoms with Gasteiger partial charge in [-0.3, -0.25) is 0 Å². The summed E-state index contributed by atoms with van der Waals surface area (Å²) in [5.74, 6) is -0.871. The maximum Gasteiger partial charge on any atom is 0.349 e. The quantitative estimate of drug-likeness (QED) is 0.813. The summed E-state index contributed by atoms with van der Waals surface area (Å²) in [5.41, 5.74) is 1.05. The molecule has 0 N–H and O–H groups in total.